The predicted octanol–water partition coefficient (Wildman–Crippen LogP) is 2.64. The standard InChI is InChI=1S/C11H10BrClN4O/c1-7(12)11(18)16-9-4-2-3-8(13)10(9)17-6-14-5-15-17/h2-7H,1H3,(H,16,18). The van der Waals surface area contributed by atoms with Gasteiger partial charge in [-0.15, -0.1) is 0 Å². The number of aromatic nitrogens is 3. The number of para-hydroxylation sites is 1. The molecule has 0 aliphatic carbocycles. The minimum absolute atomic E-state index is 0.154. The summed E-state index contributed by atoms with van der Waals surface area (Å²) in [5.74, 6) is -0.154. The van der Waals surface area contributed by atoms with Gasteiger partial charge in [0.15, 0.2) is 0 Å². The van der Waals surface area contributed by atoms with E-state index in [0.717, 1.165) is 0 Å². The fourth-order valence-corrected chi connectivity index (χ4v) is 1.78. The number of carbonyl (C=O) groups excluding carboxylic acids is 1. The molecule has 2 rings (SSSR count). The van der Waals surface area contributed by atoms with Crippen molar-refractivity contribution in [1.82, 2.24) is 14.8 Å². The van der Waals surface area contributed by atoms with Gasteiger partial charge in [-0.05, 0) is 19.1 Å². The summed E-state index contributed by atoms with van der Waals surface area (Å²) in [5.41, 5.74) is 1.18. The zero-order valence-electron chi connectivity index (χ0n) is 9.47. The van der Waals surface area contributed by atoms with Crippen LogP contribution in [0.5, 0.6) is 0 Å². The average Bonchev–Trinajstić information content (AvgIpc) is 2.82. The van der Waals surface area contributed by atoms with E-state index < -0.39 is 0 Å². The molecular weight excluding hydrogens is 320 g/mol. The number of hydrogen-bond acceptors (Lipinski definition) is 3. The van der Waals surface area contributed by atoms with E-state index in [4.69, 9.17) is 11.6 Å². The van der Waals surface area contributed by atoms with Crippen molar-refractivity contribution < 1.29 is 4.79 Å². The maximum atomic E-state index is 11.7. The van der Waals surface area contributed by atoms with Crippen molar-refractivity contribution in [2.45, 2.75) is 11.8 Å². The molecule has 0 aliphatic rings. The number of amides is 1. The first-order valence-corrected chi connectivity index (χ1v) is 6.47. The zero-order valence-corrected chi connectivity index (χ0v) is 11.8. The van der Waals surface area contributed by atoms with Gasteiger partial charge in [0.25, 0.3) is 0 Å². The molecule has 94 valence electrons. The van der Waals surface area contributed by atoms with Crippen LogP contribution >= 0.6 is 27.5 Å². The van der Waals surface area contributed by atoms with E-state index in [2.05, 4.69) is 31.3 Å². The first-order valence-electron chi connectivity index (χ1n) is 5.18. The van der Waals surface area contributed by atoms with Crippen LogP contribution in [0.25, 0.3) is 5.69 Å². The van der Waals surface area contributed by atoms with Gasteiger partial charge >= 0.3 is 0 Å². The summed E-state index contributed by atoms with van der Waals surface area (Å²) >= 11 is 9.34. The topological polar surface area (TPSA) is 59.8 Å². The highest BCUT2D eigenvalue weighted by Crippen LogP contribution is 2.28. The monoisotopic (exact) mass is 328 g/mol. The molecule has 1 amide bonds. The fraction of sp³-hybridized carbons (Fsp3) is 0.182. The Morgan fingerprint density at radius 1 is 1.56 bits per heavy atom. The Morgan fingerprint density at radius 2 is 2.33 bits per heavy atom. The highest BCUT2D eigenvalue weighted by molar-refractivity contribution is 9.10. The number of alkyl halides is 1. The van der Waals surface area contributed by atoms with Crippen LogP contribution in [0.1, 0.15) is 6.92 Å². The van der Waals surface area contributed by atoms with Crippen molar-refractivity contribution in [3.63, 3.8) is 0 Å². The first-order chi connectivity index (χ1) is 8.59. The molecule has 1 heterocycles. The molecule has 0 bridgehead atoms. The second kappa shape index (κ2) is 5.49. The Morgan fingerprint density at radius 3 is 2.94 bits per heavy atom. The SMILES string of the molecule is CC(Br)C(=O)Nc1cccc(Cl)c1-n1cncn1. The Bertz CT molecular complexity index is 556. The van der Waals surface area contributed by atoms with Crippen molar-refractivity contribution in [3.8, 4) is 5.69 Å². The molecule has 0 spiro atoms. The van der Waals surface area contributed by atoms with E-state index in [1.165, 1.54) is 17.3 Å². The van der Waals surface area contributed by atoms with Gasteiger partial charge in [-0.25, -0.2) is 9.67 Å². The maximum absolute atomic E-state index is 11.7. The number of hydrogen-bond donors (Lipinski definition) is 1. The summed E-state index contributed by atoms with van der Waals surface area (Å²) in [4.78, 5) is 15.3. The third-order valence-electron chi connectivity index (χ3n) is 2.25. The summed E-state index contributed by atoms with van der Waals surface area (Å²) < 4.78 is 1.51. The van der Waals surface area contributed by atoms with Crippen LogP contribution in [0.3, 0.4) is 0 Å². The predicted molar refractivity (Wildman–Crippen MR) is 73.4 cm³/mol. The minimum atomic E-state index is -0.292. The Kier molecular flexibility index (Phi) is 3.98. The molecule has 7 heteroatoms. The number of carbonyl (C=O) groups is 1. The molecule has 0 aliphatic heterocycles. The smallest absolute Gasteiger partial charge is 0.237 e. The van der Waals surface area contributed by atoms with Crippen molar-refractivity contribution in [1.29, 1.82) is 0 Å². The lowest BCUT2D eigenvalue weighted by Crippen LogP contribution is -2.21. The van der Waals surface area contributed by atoms with Crippen LogP contribution < -0.4 is 5.32 Å². The van der Waals surface area contributed by atoms with E-state index in [1.54, 1.807) is 25.1 Å². The average molecular weight is 330 g/mol. The van der Waals surface area contributed by atoms with Gasteiger partial charge in [0.1, 0.15) is 18.3 Å². The van der Waals surface area contributed by atoms with E-state index in [-0.39, 0.29) is 10.7 Å². The maximum Gasteiger partial charge on any atom is 0.237 e. The second-order valence-electron chi connectivity index (χ2n) is 3.58. The van der Waals surface area contributed by atoms with Crippen LogP contribution in [0.4, 0.5) is 5.69 Å². The Labute approximate surface area is 117 Å². The van der Waals surface area contributed by atoms with Crippen LogP contribution in [-0.2, 0) is 4.79 Å². The number of halogens is 2. The molecule has 1 aromatic heterocycles. The lowest BCUT2D eigenvalue weighted by molar-refractivity contribution is -0.115. The number of anilines is 1. The van der Waals surface area contributed by atoms with Gasteiger partial charge in [-0.1, -0.05) is 33.6 Å². The molecule has 0 saturated carbocycles. The van der Waals surface area contributed by atoms with Gasteiger partial charge in [-0.3, -0.25) is 4.79 Å². The van der Waals surface area contributed by atoms with E-state index in [9.17, 15) is 4.79 Å². The van der Waals surface area contributed by atoms with Gasteiger partial charge in [0.2, 0.25) is 5.91 Å². The quantitative estimate of drug-likeness (QED) is 0.881. The van der Waals surface area contributed by atoms with Crippen molar-refractivity contribution >= 4 is 39.1 Å². The summed E-state index contributed by atoms with van der Waals surface area (Å²) in [6.07, 6.45) is 2.93. The Balaban J connectivity index is 2.42. The number of rotatable bonds is 3. The largest absolute Gasteiger partial charge is 0.323 e. The third-order valence-corrected chi connectivity index (χ3v) is 2.97. The van der Waals surface area contributed by atoms with Crippen LogP contribution in [0.2, 0.25) is 5.02 Å². The van der Waals surface area contributed by atoms with Crippen LogP contribution in [0.15, 0.2) is 30.9 Å². The normalized spacial score (nSPS) is 12.2. The lowest BCUT2D eigenvalue weighted by Gasteiger charge is -2.13. The molecule has 1 aromatic carbocycles. The summed E-state index contributed by atoms with van der Waals surface area (Å²) in [6, 6.07) is 5.25. The van der Waals surface area contributed by atoms with Gasteiger partial charge < -0.3 is 5.32 Å². The number of benzene rings is 1. The van der Waals surface area contributed by atoms with Crippen LogP contribution in [-0.4, -0.2) is 25.5 Å². The fourth-order valence-electron chi connectivity index (χ4n) is 1.40. The molecule has 0 saturated heterocycles. The number of nitrogens with one attached hydrogen (secondary N) is 1. The van der Waals surface area contributed by atoms with Crippen molar-refractivity contribution in [2.75, 3.05) is 5.32 Å². The summed E-state index contributed by atoms with van der Waals surface area (Å²) in [7, 11) is 0. The Hall–Kier alpha value is -1.40. The van der Waals surface area contributed by atoms with Crippen molar-refractivity contribution in [2.24, 2.45) is 0 Å². The second-order valence-corrected chi connectivity index (χ2v) is 5.36. The van der Waals surface area contributed by atoms with Gasteiger partial charge in [0, 0.05) is 0 Å². The van der Waals surface area contributed by atoms with E-state index in [0.29, 0.717) is 16.4 Å². The third kappa shape index (κ3) is 2.70. The molecule has 18 heavy (non-hydrogen) atoms. The van der Waals surface area contributed by atoms with E-state index in [1.807, 2.05) is 0 Å². The molecule has 1 atom stereocenters. The van der Waals surface area contributed by atoms with Crippen LogP contribution in [0, 0.1) is 0 Å². The highest BCUT2D eigenvalue weighted by atomic mass is 79.9. The summed E-state index contributed by atoms with van der Waals surface area (Å²) in [6.45, 7) is 1.75. The minimum Gasteiger partial charge on any atom is -0.323 e. The summed E-state index contributed by atoms with van der Waals surface area (Å²) in [5, 5.41) is 7.29. The zero-order chi connectivity index (χ0) is 13.1. The molecule has 1 N–H and O–H groups in total. The molecule has 0 radical (unpaired) electrons. The van der Waals surface area contributed by atoms with Crippen molar-refractivity contribution in [3.05, 3.63) is 35.9 Å². The molecule has 0 fully saturated rings. The molecule has 2 aromatic rings. The first kappa shape index (κ1) is 13.0. The highest BCUT2D eigenvalue weighted by Gasteiger charge is 2.14. The van der Waals surface area contributed by atoms with Gasteiger partial charge in [-0.2, -0.15) is 5.10 Å². The number of nitrogens with zero attached hydrogens (tertiary/aromatic N) is 3. The molecule has 1 unspecified atom stereocenters. The molecule has 5 nitrogen and oxygen atoms in total. The lowest BCUT2D eigenvalue weighted by atomic mass is 10.2. The van der Waals surface area contributed by atoms with Gasteiger partial charge in [0.05, 0.1) is 15.5 Å². The van der Waals surface area contributed by atoms with E-state index >= 15 is 0 Å². The molecular formula is C11H10BrClN4O.